The van der Waals surface area contributed by atoms with Crippen molar-refractivity contribution in [2.45, 2.75) is 17.9 Å². The first-order valence-electron chi connectivity index (χ1n) is 5.25. The molecule has 1 aromatic carbocycles. The highest BCUT2D eigenvalue weighted by atomic mass is 32.2. The zero-order chi connectivity index (χ0) is 12.1. The molecule has 0 fully saturated rings. The van der Waals surface area contributed by atoms with Crippen LogP contribution < -0.4 is 0 Å². The van der Waals surface area contributed by atoms with E-state index in [9.17, 15) is 9.50 Å². The number of aliphatic hydroxyl groups excluding tert-OH is 1. The molecule has 4 heteroatoms. The second kappa shape index (κ2) is 6.23. The van der Waals surface area contributed by atoms with Crippen molar-refractivity contribution >= 4 is 11.8 Å². The largest absolute Gasteiger partial charge is 0.389 e. The normalized spacial score (nSPS) is 13.1. The second-order valence-corrected chi connectivity index (χ2v) is 5.15. The van der Waals surface area contributed by atoms with Crippen LogP contribution in [0.1, 0.15) is 18.6 Å². The molecule has 90 valence electrons. The fourth-order valence-electron chi connectivity index (χ4n) is 1.23. The fourth-order valence-corrected chi connectivity index (χ4v) is 2.27. The maximum absolute atomic E-state index is 13.6. The molecule has 0 aliphatic heterocycles. The van der Waals surface area contributed by atoms with Crippen LogP contribution in [0, 0.1) is 5.82 Å². The zero-order valence-corrected chi connectivity index (χ0v) is 10.7. The van der Waals surface area contributed by atoms with Gasteiger partial charge in [-0.25, -0.2) is 4.39 Å². The molecule has 0 spiro atoms. The van der Waals surface area contributed by atoms with Crippen LogP contribution in [0.5, 0.6) is 0 Å². The third-order valence-electron chi connectivity index (χ3n) is 2.23. The van der Waals surface area contributed by atoms with Crippen LogP contribution in [0.15, 0.2) is 23.1 Å². The molecular weight excluding hydrogens is 225 g/mol. The molecule has 1 atom stereocenters. The second-order valence-electron chi connectivity index (χ2n) is 4.02. The molecule has 0 saturated heterocycles. The van der Waals surface area contributed by atoms with Gasteiger partial charge in [0, 0.05) is 17.2 Å². The minimum absolute atomic E-state index is 0.248. The van der Waals surface area contributed by atoms with Crippen molar-refractivity contribution in [2.75, 3.05) is 26.4 Å². The Morgan fingerprint density at radius 2 is 2.12 bits per heavy atom. The van der Waals surface area contributed by atoms with Crippen molar-refractivity contribution < 1.29 is 9.50 Å². The molecule has 0 radical (unpaired) electrons. The topological polar surface area (TPSA) is 23.5 Å². The van der Waals surface area contributed by atoms with Gasteiger partial charge in [0.25, 0.3) is 0 Å². The van der Waals surface area contributed by atoms with Gasteiger partial charge in [-0.2, -0.15) is 0 Å². The number of hydrogen-bond acceptors (Lipinski definition) is 3. The number of aliphatic hydroxyl groups is 1. The summed E-state index contributed by atoms with van der Waals surface area (Å²) in [7, 11) is 3.99. The van der Waals surface area contributed by atoms with Crippen LogP contribution in [0.3, 0.4) is 0 Å². The van der Waals surface area contributed by atoms with Crippen LogP contribution in [0.25, 0.3) is 0 Å². The van der Waals surface area contributed by atoms with Gasteiger partial charge in [-0.05, 0) is 38.7 Å². The first-order valence-corrected chi connectivity index (χ1v) is 6.24. The molecule has 1 rings (SSSR count). The van der Waals surface area contributed by atoms with Crippen molar-refractivity contribution in [1.82, 2.24) is 4.90 Å². The molecule has 1 N–H and O–H groups in total. The molecule has 2 nitrogen and oxygen atoms in total. The summed E-state index contributed by atoms with van der Waals surface area (Å²) in [6.07, 6.45) is -0.615. The lowest BCUT2D eigenvalue weighted by Gasteiger charge is -2.10. The van der Waals surface area contributed by atoms with E-state index in [1.165, 1.54) is 17.8 Å². The number of benzene rings is 1. The van der Waals surface area contributed by atoms with Crippen LogP contribution in [-0.4, -0.2) is 36.4 Å². The predicted octanol–water partition coefficient (Wildman–Crippen LogP) is 2.53. The third-order valence-corrected chi connectivity index (χ3v) is 3.26. The molecule has 0 bridgehead atoms. The lowest BCUT2D eigenvalue weighted by Crippen LogP contribution is -2.14. The molecule has 1 aromatic rings. The van der Waals surface area contributed by atoms with Gasteiger partial charge in [-0.3, -0.25) is 0 Å². The van der Waals surface area contributed by atoms with Gasteiger partial charge in [0.1, 0.15) is 5.82 Å². The molecule has 0 saturated carbocycles. The number of hydrogen-bond donors (Lipinski definition) is 1. The summed E-state index contributed by atoms with van der Waals surface area (Å²) in [6.45, 7) is 2.55. The molecular formula is C12H18FNOS. The number of thioether (sulfide) groups is 1. The summed E-state index contributed by atoms with van der Waals surface area (Å²) in [5.74, 6) is 0.611. The average molecular weight is 243 g/mol. The van der Waals surface area contributed by atoms with Crippen LogP contribution in [-0.2, 0) is 0 Å². The SMILES string of the molecule is C[C@H](O)c1ccc(SCCN(C)C)c(F)c1. The van der Waals surface area contributed by atoms with Crippen LogP contribution in [0.2, 0.25) is 0 Å². The smallest absolute Gasteiger partial charge is 0.137 e. The van der Waals surface area contributed by atoms with Gasteiger partial charge in [-0.15, -0.1) is 11.8 Å². The van der Waals surface area contributed by atoms with Gasteiger partial charge >= 0.3 is 0 Å². The minimum atomic E-state index is -0.615. The standard InChI is InChI=1S/C12H18FNOS/c1-9(15)10-4-5-12(11(13)8-10)16-7-6-14(2)3/h4-5,8-9,15H,6-7H2,1-3H3/t9-/m0/s1. The first kappa shape index (κ1) is 13.5. The fraction of sp³-hybridized carbons (Fsp3) is 0.500. The predicted molar refractivity (Wildman–Crippen MR) is 66.3 cm³/mol. The Balaban J connectivity index is 2.61. The van der Waals surface area contributed by atoms with E-state index in [1.54, 1.807) is 19.1 Å². The highest BCUT2D eigenvalue weighted by Crippen LogP contribution is 2.24. The van der Waals surface area contributed by atoms with Crippen LogP contribution >= 0.6 is 11.8 Å². The first-order chi connectivity index (χ1) is 7.50. The van der Waals surface area contributed by atoms with Gasteiger partial charge in [0.05, 0.1) is 6.10 Å². The lowest BCUT2D eigenvalue weighted by atomic mass is 10.1. The summed E-state index contributed by atoms with van der Waals surface area (Å²) in [6, 6.07) is 4.91. The number of rotatable bonds is 5. The molecule has 0 aliphatic carbocycles. The van der Waals surface area contributed by atoms with Crippen molar-refractivity contribution in [1.29, 1.82) is 0 Å². The highest BCUT2D eigenvalue weighted by molar-refractivity contribution is 7.99. The van der Waals surface area contributed by atoms with Crippen molar-refractivity contribution in [3.63, 3.8) is 0 Å². The summed E-state index contributed by atoms with van der Waals surface area (Å²) in [5, 5.41) is 9.31. The van der Waals surface area contributed by atoms with Gasteiger partial charge in [0.2, 0.25) is 0 Å². The number of halogens is 1. The number of nitrogens with zero attached hydrogens (tertiary/aromatic N) is 1. The zero-order valence-electron chi connectivity index (χ0n) is 9.90. The molecule has 0 heterocycles. The van der Waals surface area contributed by atoms with Crippen LogP contribution in [0.4, 0.5) is 4.39 Å². The Hall–Kier alpha value is -0.580. The Kier molecular flexibility index (Phi) is 5.25. The monoisotopic (exact) mass is 243 g/mol. The Labute approximate surface area is 100 Å². The van der Waals surface area contributed by atoms with Crippen molar-refractivity contribution in [2.24, 2.45) is 0 Å². The van der Waals surface area contributed by atoms with E-state index >= 15 is 0 Å². The lowest BCUT2D eigenvalue weighted by molar-refractivity contribution is 0.198. The van der Waals surface area contributed by atoms with Gasteiger partial charge < -0.3 is 10.0 Å². The minimum Gasteiger partial charge on any atom is -0.389 e. The van der Waals surface area contributed by atoms with E-state index in [2.05, 4.69) is 4.90 Å². The maximum atomic E-state index is 13.6. The van der Waals surface area contributed by atoms with E-state index in [4.69, 9.17) is 0 Å². The van der Waals surface area contributed by atoms with E-state index in [-0.39, 0.29) is 5.82 Å². The Morgan fingerprint density at radius 1 is 1.44 bits per heavy atom. The summed E-state index contributed by atoms with van der Waals surface area (Å²) in [5.41, 5.74) is 0.620. The average Bonchev–Trinajstić information content (AvgIpc) is 2.19. The Morgan fingerprint density at radius 3 is 2.62 bits per heavy atom. The maximum Gasteiger partial charge on any atom is 0.137 e. The van der Waals surface area contributed by atoms with Gasteiger partial charge in [-0.1, -0.05) is 6.07 Å². The summed E-state index contributed by atoms with van der Waals surface area (Å²) in [4.78, 5) is 2.71. The molecule has 0 aliphatic rings. The third kappa shape index (κ3) is 4.12. The van der Waals surface area contributed by atoms with E-state index in [1.807, 2.05) is 14.1 Å². The summed E-state index contributed by atoms with van der Waals surface area (Å²) >= 11 is 1.50. The van der Waals surface area contributed by atoms with Gasteiger partial charge in [0.15, 0.2) is 0 Å². The van der Waals surface area contributed by atoms with Crippen molar-refractivity contribution in [3.05, 3.63) is 29.6 Å². The van der Waals surface area contributed by atoms with E-state index in [0.29, 0.717) is 10.5 Å². The van der Waals surface area contributed by atoms with E-state index < -0.39 is 6.10 Å². The Bertz CT molecular complexity index is 342. The summed E-state index contributed by atoms with van der Waals surface area (Å²) < 4.78 is 13.6. The highest BCUT2D eigenvalue weighted by Gasteiger charge is 2.07. The van der Waals surface area contributed by atoms with E-state index in [0.717, 1.165) is 12.3 Å². The molecule has 0 aromatic heterocycles. The molecule has 16 heavy (non-hydrogen) atoms. The van der Waals surface area contributed by atoms with Crippen molar-refractivity contribution in [3.8, 4) is 0 Å². The molecule has 0 unspecified atom stereocenters. The molecule has 0 amide bonds. The quantitative estimate of drug-likeness (QED) is 0.804.